The van der Waals surface area contributed by atoms with Gasteiger partial charge in [0.2, 0.25) is 11.9 Å². The molecule has 164 valence electrons. The standard InChI is InChI=1S/C21H24N4O6/c1-13(2)18(26)22-17-12-15(31-14-8-6-5-7-9-14)10-11-16(17)23-19(24-20(27)29-3)25-21(28)30-4/h5-13H,1-4H3,(H,22,26)(H2,23,24,25,27,28). The Kier molecular flexibility index (Phi) is 8.38. The summed E-state index contributed by atoms with van der Waals surface area (Å²) in [6.45, 7) is 3.48. The summed E-state index contributed by atoms with van der Waals surface area (Å²) in [6.07, 6.45) is -1.71. The van der Waals surface area contributed by atoms with Crippen LogP contribution in [-0.4, -0.2) is 38.3 Å². The molecule has 2 rings (SSSR count). The normalized spacial score (nSPS) is 9.97. The summed E-state index contributed by atoms with van der Waals surface area (Å²) >= 11 is 0. The summed E-state index contributed by atoms with van der Waals surface area (Å²) in [5.41, 5.74) is 0.556. The lowest BCUT2D eigenvalue weighted by Crippen LogP contribution is -2.43. The van der Waals surface area contributed by atoms with Crippen LogP contribution in [0.5, 0.6) is 11.5 Å². The molecule has 2 aromatic carbocycles. The Morgan fingerprint density at radius 3 is 2.03 bits per heavy atom. The fourth-order valence-electron chi connectivity index (χ4n) is 2.18. The predicted molar refractivity (Wildman–Crippen MR) is 115 cm³/mol. The van der Waals surface area contributed by atoms with Gasteiger partial charge in [-0.3, -0.25) is 15.4 Å². The highest BCUT2D eigenvalue weighted by Crippen LogP contribution is 2.32. The zero-order valence-electron chi connectivity index (χ0n) is 17.6. The molecule has 0 heterocycles. The third-order valence-corrected chi connectivity index (χ3v) is 3.77. The van der Waals surface area contributed by atoms with Crippen LogP contribution in [0.2, 0.25) is 0 Å². The van der Waals surface area contributed by atoms with E-state index >= 15 is 0 Å². The number of alkyl carbamates (subject to hydrolysis) is 2. The third-order valence-electron chi connectivity index (χ3n) is 3.77. The number of carbonyl (C=O) groups is 3. The smallest absolute Gasteiger partial charge is 0.413 e. The summed E-state index contributed by atoms with van der Waals surface area (Å²) in [6, 6.07) is 13.9. The second kappa shape index (κ2) is 11.2. The van der Waals surface area contributed by atoms with Gasteiger partial charge in [-0.05, 0) is 24.3 Å². The number of carbonyl (C=O) groups excluding carboxylic acids is 3. The van der Waals surface area contributed by atoms with E-state index in [0.29, 0.717) is 17.2 Å². The van der Waals surface area contributed by atoms with E-state index in [1.807, 2.05) is 18.2 Å². The minimum Gasteiger partial charge on any atom is -0.457 e. The van der Waals surface area contributed by atoms with E-state index in [1.165, 1.54) is 0 Å². The number of hydrogen-bond acceptors (Lipinski definition) is 7. The lowest BCUT2D eigenvalue weighted by Gasteiger charge is -2.14. The number of rotatable bonds is 5. The first kappa shape index (κ1) is 23.2. The van der Waals surface area contributed by atoms with Gasteiger partial charge in [0, 0.05) is 12.0 Å². The number of benzene rings is 2. The third kappa shape index (κ3) is 7.35. The van der Waals surface area contributed by atoms with Gasteiger partial charge >= 0.3 is 12.2 Å². The van der Waals surface area contributed by atoms with Crippen molar-refractivity contribution in [3.8, 4) is 11.5 Å². The quantitative estimate of drug-likeness (QED) is 0.491. The number of guanidine groups is 1. The van der Waals surface area contributed by atoms with Crippen molar-refractivity contribution in [3.63, 3.8) is 0 Å². The molecule has 0 fully saturated rings. The Balaban J connectivity index is 2.43. The van der Waals surface area contributed by atoms with E-state index in [4.69, 9.17) is 4.74 Å². The highest BCUT2D eigenvalue weighted by Gasteiger charge is 2.15. The van der Waals surface area contributed by atoms with Gasteiger partial charge in [-0.2, -0.15) is 0 Å². The minimum absolute atomic E-state index is 0.247. The number of aliphatic imine (C=N–C) groups is 1. The van der Waals surface area contributed by atoms with Crippen molar-refractivity contribution in [2.45, 2.75) is 13.8 Å². The molecule has 2 aromatic rings. The molecule has 10 heteroatoms. The largest absolute Gasteiger partial charge is 0.457 e. The Hall–Kier alpha value is -4.08. The van der Waals surface area contributed by atoms with E-state index in [9.17, 15) is 14.4 Å². The molecular formula is C21H24N4O6. The Bertz CT molecular complexity index is 940. The van der Waals surface area contributed by atoms with Crippen LogP contribution < -0.4 is 20.7 Å². The molecule has 0 unspecified atom stereocenters. The average molecular weight is 428 g/mol. The van der Waals surface area contributed by atoms with E-state index in [2.05, 4.69) is 30.4 Å². The van der Waals surface area contributed by atoms with Crippen molar-refractivity contribution < 1.29 is 28.6 Å². The van der Waals surface area contributed by atoms with Gasteiger partial charge in [-0.15, -0.1) is 0 Å². The van der Waals surface area contributed by atoms with Gasteiger partial charge in [0.15, 0.2) is 0 Å². The maximum Gasteiger partial charge on any atom is 0.413 e. The number of para-hydroxylation sites is 1. The van der Waals surface area contributed by atoms with Gasteiger partial charge in [-0.1, -0.05) is 32.0 Å². The van der Waals surface area contributed by atoms with Crippen molar-refractivity contribution in [2.75, 3.05) is 19.5 Å². The average Bonchev–Trinajstić information content (AvgIpc) is 2.75. The molecule has 3 N–H and O–H groups in total. The monoisotopic (exact) mass is 428 g/mol. The lowest BCUT2D eigenvalue weighted by atomic mass is 10.2. The van der Waals surface area contributed by atoms with Crippen LogP contribution in [0.1, 0.15) is 13.8 Å². The number of anilines is 1. The highest BCUT2D eigenvalue weighted by molar-refractivity contribution is 6.03. The van der Waals surface area contributed by atoms with Crippen LogP contribution in [0, 0.1) is 5.92 Å². The first-order valence-corrected chi connectivity index (χ1v) is 9.28. The zero-order valence-corrected chi connectivity index (χ0v) is 17.6. The molecule has 0 atom stereocenters. The van der Waals surface area contributed by atoms with Gasteiger partial charge in [0.05, 0.1) is 25.6 Å². The highest BCUT2D eigenvalue weighted by atomic mass is 16.5. The van der Waals surface area contributed by atoms with Crippen molar-refractivity contribution in [1.29, 1.82) is 0 Å². The first-order valence-electron chi connectivity index (χ1n) is 9.28. The molecule has 0 saturated heterocycles. The summed E-state index contributed by atoms with van der Waals surface area (Å²) < 4.78 is 14.9. The van der Waals surface area contributed by atoms with Gasteiger partial charge < -0.3 is 19.5 Å². The van der Waals surface area contributed by atoms with Crippen molar-refractivity contribution in [3.05, 3.63) is 48.5 Å². The van der Waals surface area contributed by atoms with Crippen molar-refractivity contribution in [1.82, 2.24) is 10.6 Å². The van der Waals surface area contributed by atoms with Crippen LogP contribution in [0.4, 0.5) is 21.0 Å². The van der Waals surface area contributed by atoms with Gasteiger partial charge in [0.25, 0.3) is 0 Å². The summed E-state index contributed by atoms with van der Waals surface area (Å²) in [5, 5.41) is 7.30. The van der Waals surface area contributed by atoms with Crippen LogP contribution in [0.3, 0.4) is 0 Å². The molecule has 31 heavy (non-hydrogen) atoms. The van der Waals surface area contributed by atoms with Crippen molar-refractivity contribution >= 4 is 35.4 Å². The van der Waals surface area contributed by atoms with E-state index in [0.717, 1.165) is 14.2 Å². The zero-order chi connectivity index (χ0) is 22.8. The predicted octanol–water partition coefficient (Wildman–Crippen LogP) is 3.77. The van der Waals surface area contributed by atoms with E-state index in [-0.39, 0.29) is 23.5 Å². The number of nitrogens with zero attached hydrogens (tertiary/aromatic N) is 1. The molecule has 0 aliphatic heterocycles. The van der Waals surface area contributed by atoms with Crippen LogP contribution >= 0.6 is 0 Å². The van der Waals surface area contributed by atoms with E-state index in [1.54, 1.807) is 44.2 Å². The fourth-order valence-corrected chi connectivity index (χ4v) is 2.18. The Morgan fingerprint density at radius 2 is 1.48 bits per heavy atom. The number of hydrogen-bond donors (Lipinski definition) is 3. The van der Waals surface area contributed by atoms with Gasteiger partial charge in [-0.25, -0.2) is 14.6 Å². The van der Waals surface area contributed by atoms with Crippen molar-refractivity contribution in [2.24, 2.45) is 10.9 Å². The number of nitrogens with one attached hydrogen (secondary N) is 3. The summed E-state index contributed by atoms with van der Waals surface area (Å²) in [4.78, 5) is 39.7. The number of ether oxygens (including phenoxy) is 3. The molecule has 0 aliphatic carbocycles. The molecule has 0 spiro atoms. The second-order valence-corrected chi connectivity index (χ2v) is 6.43. The van der Waals surface area contributed by atoms with Crippen LogP contribution in [0.15, 0.2) is 53.5 Å². The fraction of sp³-hybridized carbons (Fsp3) is 0.238. The SMILES string of the molecule is COC(=O)NC(=Nc1ccc(Oc2ccccc2)cc1NC(=O)C(C)C)NC(=O)OC. The molecule has 0 bridgehead atoms. The first-order chi connectivity index (χ1) is 14.8. The van der Waals surface area contributed by atoms with E-state index < -0.39 is 12.2 Å². The van der Waals surface area contributed by atoms with Crippen LogP contribution in [-0.2, 0) is 14.3 Å². The van der Waals surface area contributed by atoms with Gasteiger partial charge in [0.1, 0.15) is 11.5 Å². The maximum atomic E-state index is 12.3. The second-order valence-electron chi connectivity index (χ2n) is 6.43. The summed E-state index contributed by atoms with van der Waals surface area (Å²) in [7, 11) is 2.32. The van der Waals surface area contributed by atoms with Crippen LogP contribution in [0.25, 0.3) is 0 Å². The molecule has 3 amide bonds. The summed E-state index contributed by atoms with van der Waals surface area (Å²) in [5.74, 6) is 0.261. The Morgan fingerprint density at radius 1 is 0.871 bits per heavy atom. The Labute approximate surface area is 179 Å². The molecule has 10 nitrogen and oxygen atoms in total. The maximum absolute atomic E-state index is 12.3. The molecule has 0 radical (unpaired) electrons. The molecule has 0 aliphatic rings. The molecule has 0 aromatic heterocycles. The lowest BCUT2D eigenvalue weighted by molar-refractivity contribution is -0.118. The topological polar surface area (TPSA) is 127 Å². The molecular weight excluding hydrogens is 404 g/mol. The number of methoxy groups -OCH3 is 2. The minimum atomic E-state index is -0.855. The molecule has 0 saturated carbocycles. The number of amides is 3.